The molecule has 0 bridgehead atoms. The van der Waals surface area contributed by atoms with Gasteiger partial charge in [-0.05, 0) is 47.0 Å². The highest BCUT2D eigenvalue weighted by atomic mass is 16.6. The molecule has 1 heterocycles. The van der Waals surface area contributed by atoms with E-state index in [9.17, 15) is 4.79 Å². The summed E-state index contributed by atoms with van der Waals surface area (Å²) in [5.41, 5.74) is 1.69. The largest absolute Gasteiger partial charge is 0.459 e. The molecule has 20 heavy (non-hydrogen) atoms. The summed E-state index contributed by atoms with van der Waals surface area (Å²) in [6.07, 6.45) is 4.35. The zero-order valence-corrected chi connectivity index (χ0v) is 12.8. The second-order valence-electron chi connectivity index (χ2n) is 6.37. The summed E-state index contributed by atoms with van der Waals surface area (Å²) in [6.45, 7) is 7.95. The van der Waals surface area contributed by atoms with Gasteiger partial charge in [-0.15, -0.1) is 0 Å². The Morgan fingerprint density at radius 3 is 2.80 bits per heavy atom. The van der Waals surface area contributed by atoms with Crippen molar-refractivity contribution in [1.82, 2.24) is 10.5 Å². The van der Waals surface area contributed by atoms with Crippen LogP contribution < -0.4 is 5.32 Å². The van der Waals surface area contributed by atoms with Crippen LogP contribution in [0, 0.1) is 0 Å². The topological polar surface area (TPSA) is 64.4 Å². The Morgan fingerprint density at radius 2 is 2.10 bits per heavy atom. The Hall–Kier alpha value is -1.36. The van der Waals surface area contributed by atoms with Crippen molar-refractivity contribution in [2.75, 3.05) is 0 Å². The van der Waals surface area contributed by atoms with Gasteiger partial charge in [-0.25, -0.2) is 0 Å². The molecule has 5 nitrogen and oxygen atoms in total. The Bertz CT molecular complexity index is 474. The first-order valence-electron chi connectivity index (χ1n) is 7.29. The van der Waals surface area contributed by atoms with Crippen LogP contribution in [0.4, 0.5) is 0 Å². The van der Waals surface area contributed by atoms with Gasteiger partial charge in [0.25, 0.3) is 0 Å². The average molecular weight is 280 g/mol. The van der Waals surface area contributed by atoms with E-state index >= 15 is 0 Å². The van der Waals surface area contributed by atoms with Crippen molar-refractivity contribution in [3.05, 3.63) is 17.0 Å². The van der Waals surface area contributed by atoms with Gasteiger partial charge in [0.1, 0.15) is 23.1 Å². The molecule has 1 aliphatic carbocycles. The third kappa shape index (κ3) is 3.82. The van der Waals surface area contributed by atoms with E-state index in [1.807, 2.05) is 20.8 Å². The van der Waals surface area contributed by atoms with E-state index in [0.717, 1.165) is 24.3 Å². The monoisotopic (exact) mass is 280 g/mol. The van der Waals surface area contributed by atoms with E-state index in [-0.39, 0.29) is 12.0 Å². The fourth-order valence-electron chi connectivity index (χ4n) is 2.31. The zero-order valence-electron chi connectivity index (χ0n) is 12.8. The number of aryl methyl sites for hydroxylation is 1. The van der Waals surface area contributed by atoms with Crippen LogP contribution in [0.5, 0.6) is 0 Å². The third-order valence-electron chi connectivity index (χ3n) is 3.37. The molecular formula is C15H24N2O3. The molecule has 0 aliphatic heterocycles. The summed E-state index contributed by atoms with van der Waals surface area (Å²) in [4.78, 5) is 11.9. The number of rotatable bonds is 4. The van der Waals surface area contributed by atoms with Crippen molar-refractivity contribution in [2.24, 2.45) is 0 Å². The maximum Gasteiger partial charge on any atom is 0.323 e. The molecule has 0 saturated heterocycles. The highest BCUT2D eigenvalue weighted by Gasteiger charge is 2.23. The maximum absolute atomic E-state index is 11.9. The Kier molecular flexibility index (Phi) is 4.48. The second kappa shape index (κ2) is 5.95. The number of fused-ring (bicyclic) bond motifs is 1. The molecule has 5 heteroatoms. The van der Waals surface area contributed by atoms with Crippen LogP contribution in [-0.2, 0) is 28.9 Å². The van der Waals surface area contributed by atoms with Gasteiger partial charge in [-0.3, -0.25) is 10.1 Å². The minimum atomic E-state index is -0.458. The molecule has 1 unspecified atom stereocenters. The van der Waals surface area contributed by atoms with E-state index in [4.69, 9.17) is 9.26 Å². The molecule has 0 fully saturated rings. The van der Waals surface area contributed by atoms with Gasteiger partial charge >= 0.3 is 5.97 Å². The van der Waals surface area contributed by atoms with Crippen molar-refractivity contribution in [2.45, 2.75) is 71.6 Å². The summed E-state index contributed by atoms with van der Waals surface area (Å²) >= 11 is 0. The summed E-state index contributed by atoms with van der Waals surface area (Å²) < 4.78 is 10.7. The first kappa shape index (κ1) is 15.0. The van der Waals surface area contributed by atoms with Crippen molar-refractivity contribution < 1.29 is 14.1 Å². The predicted octanol–water partition coefficient (Wildman–Crippen LogP) is 2.37. The van der Waals surface area contributed by atoms with Crippen molar-refractivity contribution in [1.29, 1.82) is 0 Å². The average Bonchev–Trinajstić information content (AvgIpc) is 2.77. The van der Waals surface area contributed by atoms with Crippen LogP contribution in [-0.4, -0.2) is 22.8 Å². The number of aromatic nitrogens is 1. The number of nitrogens with one attached hydrogen (secondary N) is 1. The molecule has 1 N–H and O–H groups in total. The molecule has 0 saturated carbocycles. The second-order valence-corrected chi connectivity index (χ2v) is 6.37. The molecule has 1 aliphatic rings. The van der Waals surface area contributed by atoms with E-state index in [2.05, 4.69) is 10.5 Å². The lowest BCUT2D eigenvalue weighted by Crippen LogP contribution is -2.39. The van der Waals surface area contributed by atoms with Gasteiger partial charge in [-0.1, -0.05) is 5.16 Å². The quantitative estimate of drug-likeness (QED) is 0.858. The molecule has 1 aromatic rings. The van der Waals surface area contributed by atoms with E-state index in [1.165, 1.54) is 18.4 Å². The molecule has 0 radical (unpaired) electrons. The van der Waals surface area contributed by atoms with Crippen LogP contribution in [0.3, 0.4) is 0 Å². The van der Waals surface area contributed by atoms with Crippen molar-refractivity contribution in [3.8, 4) is 0 Å². The van der Waals surface area contributed by atoms with Crippen molar-refractivity contribution >= 4 is 5.97 Å². The fraction of sp³-hybridized carbons (Fsp3) is 0.733. The number of hydrogen-bond donors (Lipinski definition) is 1. The summed E-state index contributed by atoms with van der Waals surface area (Å²) in [6, 6.07) is -0.356. The van der Waals surface area contributed by atoms with E-state index < -0.39 is 5.60 Å². The zero-order chi connectivity index (χ0) is 14.8. The van der Waals surface area contributed by atoms with Gasteiger partial charge in [0.15, 0.2) is 0 Å². The predicted molar refractivity (Wildman–Crippen MR) is 75.3 cm³/mol. The Morgan fingerprint density at radius 1 is 1.40 bits per heavy atom. The molecular weight excluding hydrogens is 256 g/mol. The third-order valence-corrected chi connectivity index (χ3v) is 3.37. The van der Waals surface area contributed by atoms with Crippen LogP contribution in [0.25, 0.3) is 0 Å². The molecule has 0 spiro atoms. The van der Waals surface area contributed by atoms with Gasteiger partial charge < -0.3 is 9.26 Å². The number of hydrogen-bond acceptors (Lipinski definition) is 5. The van der Waals surface area contributed by atoms with Crippen LogP contribution in [0.2, 0.25) is 0 Å². The normalized spacial score (nSPS) is 16.6. The summed E-state index contributed by atoms with van der Waals surface area (Å²) in [5, 5.41) is 7.27. The van der Waals surface area contributed by atoms with Gasteiger partial charge in [0.05, 0.1) is 0 Å². The number of nitrogens with zero attached hydrogens (tertiary/aromatic N) is 1. The lowest BCUT2D eigenvalue weighted by Gasteiger charge is -2.22. The lowest BCUT2D eigenvalue weighted by atomic mass is 9.96. The molecule has 2 rings (SSSR count). The van der Waals surface area contributed by atoms with Gasteiger partial charge in [0.2, 0.25) is 0 Å². The van der Waals surface area contributed by atoms with E-state index in [0.29, 0.717) is 6.54 Å². The first-order valence-corrected chi connectivity index (χ1v) is 7.29. The van der Waals surface area contributed by atoms with Crippen LogP contribution in [0.1, 0.15) is 57.6 Å². The number of ether oxygens (including phenoxy) is 1. The minimum Gasteiger partial charge on any atom is -0.459 e. The Balaban J connectivity index is 1.89. The van der Waals surface area contributed by atoms with Crippen molar-refractivity contribution in [3.63, 3.8) is 0 Å². The van der Waals surface area contributed by atoms with Gasteiger partial charge in [-0.2, -0.15) is 0 Å². The molecule has 112 valence electrons. The SMILES string of the molecule is CC(NCc1noc2c1CCCC2)C(=O)OC(C)(C)C. The highest BCUT2D eigenvalue weighted by Crippen LogP contribution is 2.24. The molecule has 0 aromatic carbocycles. The number of esters is 1. The summed E-state index contributed by atoms with van der Waals surface area (Å²) in [7, 11) is 0. The maximum atomic E-state index is 11.9. The molecule has 0 amide bonds. The number of carbonyl (C=O) groups excluding carboxylic acids is 1. The Labute approximate surface area is 120 Å². The van der Waals surface area contributed by atoms with E-state index in [1.54, 1.807) is 6.92 Å². The highest BCUT2D eigenvalue weighted by molar-refractivity contribution is 5.75. The number of carbonyl (C=O) groups is 1. The lowest BCUT2D eigenvalue weighted by molar-refractivity contribution is -0.157. The smallest absolute Gasteiger partial charge is 0.323 e. The molecule has 1 atom stereocenters. The first-order chi connectivity index (χ1) is 9.37. The van der Waals surface area contributed by atoms with Crippen LogP contribution in [0.15, 0.2) is 4.52 Å². The fourth-order valence-corrected chi connectivity index (χ4v) is 2.31. The van der Waals surface area contributed by atoms with Gasteiger partial charge in [0, 0.05) is 18.5 Å². The summed E-state index contributed by atoms with van der Waals surface area (Å²) in [5.74, 6) is 0.771. The standard InChI is InChI=1S/C15H24N2O3/c1-10(14(18)19-15(2,3)4)16-9-12-11-7-5-6-8-13(11)20-17-12/h10,16H,5-9H2,1-4H3. The van der Waals surface area contributed by atoms with Crippen LogP contribution >= 0.6 is 0 Å². The molecule has 1 aromatic heterocycles. The minimum absolute atomic E-state index is 0.241.